The maximum Gasteiger partial charge on any atom is 0.425 e. The van der Waals surface area contributed by atoms with Gasteiger partial charge in [0, 0.05) is 17.3 Å². The Balaban J connectivity index is 1.53. The number of para-hydroxylation sites is 1. The van der Waals surface area contributed by atoms with Gasteiger partial charge in [-0.1, -0.05) is 18.2 Å². The number of ether oxygens (including phenoxy) is 1. The van der Waals surface area contributed by atoms with Gasteiger partial charge >= 0.3 is 6.09 Å². The Labute approximate surface area is 183 Å². The van der Waals surface area contributed by atoms with Crippen LogP contribution >= 0.6 is 0 Å². The van der Waals surface area contributed by atoms with Gasteiger partial charge in [0.2, 0.25) is 0 Å². The Bertz CT molecular complexity index is 1280. The molecule has 0 aliphatic carbocycles. The number of methoxy groups -OCH3 is 1. The molecule has 2 amide bonds. The van der Waals surface area contributed by atoms with E-state index in [4.69, 9.17) is 0 Å². The lowest BCUT2D eigenvalue weighted by molar-refractivity contribution is 0.0921. The summed E-state index contributed by atoms with van der Waals surface area (Å²) in [5.74, 6) is -0.483. The number of pyridine rings is 1. The minimum Gasteiger partial charge on any atom is -0.452 e. The molecule has 0 aliphatic heterocycles. The van der Waals surface area contributed by atoms with Gasteiger partial charge in [0.15, 0.2) is 0 Å². The van der Waals surface area contributed by atoms with Crippen LogP contribution in [-0.4, -0.2) is 34.3 Å². The summed E-state index contributed by atoms with van der Waals surface area (Å²) >= 11 is 0. The summed E-state index contributed by atoms with van der Waals surface area (Å²) in [7, 11) is 1.21. The Hall–Kier alpha value is -4.66. The number of amides is 2. The summed E-state index contributed by atoms with van der Waals surface area (Å²) < 4.78 is 4.45. The number of hydrazine groups is 1. The van der Waals surface area contributed by atoms with Crippen molar-refractivity contribution in [3.05, 3.63) is 83.8 Å². The number of carbonyl (C=O) groups is 2. The Kier molecular flexibility index (Phi) is 6.08. The summed E-state index contributed by atoms with van der Waals surface area (Å²) in [5.41, 5.74) is 8.64. The van der Waals surface area contributed by atoms with Crippen LogP contribution < -0.4 is 16.2 Å². The second-order valence-electron chi connectivity index (χ2n) is 6.70. The number of aromatic amines is 1. The van der Waals surface area contributed by atoms with E-state index < -0.39 is 12.0 Å². The van der Waals surface area contributed by atoms with E-state index in [1.54, 1.807) is 24.4 Å². The zero-order valence-corrected chi connectivity index (χ0v) is 17.1. The molecule has 0 aliphatic rings. The van der Waals surface area contributed by atoms with Gasteiger partial charge in [-0.25, -0.2) is 10.2 Å². The molecule has 160 valence electrons. The summed E-state index contributed by atoms with van der Waals surface area (Å²) in [6.07, 6.45) is 4.78. The van der Waals surface area contributed by atoms with Crippen molar-refractivity contribution < 1.29 is 14.3 Å². The van der Waals surface area contributed by atoms with Crippen LogP contribution in [0.1, 0.15) is 21.7 Å². The summed E-state index contributed by atoms with van der Waals surface area (Å²) in [5, 5.41) is 11.6. The SMILES string of the molecule is COC(=O)NNC(=O)c1ccccc1Nc1ccc2c(/C=C/c3ccccn3)n[nH]c2c1. The number of carbonyl (C=O) groups excluding carboxylic acids is 2. The number of nitrogens with one attached hydrogen (secondary N) is 4. The molecule has 0 radical (unpaired) electrons. The molecule has 0 bridgehead atoms. The number of hydrogen-bond donors (Lipinski definition) is 4. The Morgan fingerprint density at radius 3 is 2.66 bits per heavy atom. The van der Waals surface area contributed by atoms with Crippen LogP contribution in [0.5, 0.6) is 0 Å². The molecule has 0 atom stereocenters. The molecule has 0 saturated heterocycles. The van der Waals surface area contributed by atoms with E-state index in [9.17, 15) is 9.59 Å². The van der Waals surface area contributed by atoms with Crippen molar-refractivity contribution in [2.75, 3.05) is 12.4 Å². The van der Waals surface area contributed by atoms with Gasteiger partial charge in [0.05, 0.1) is 35.3 Å². The van der Waals surface area contributed by atoms with Gasteiger partial charge in [-0.15, -0.1) is 0 Å². The maximum absolute atomic E-state index is 12.4. The van der Waals surface area contributed by atoms with Gasteiger partial charge in [-0.2, -0.15) is 5.10 Å². The van der Waals surface area contributed by atoms with Crippen LogP contribution in [-0.2, 0) is 4.74 Å². The van der Waals surface area contributed by atoms with Crippen molar-refractivity contribution in [3.63, 3.8) is 0 Å². The van der Waals surface area contributed by atoms with Gasteiger partial charge in [0.1, 0.15) is 0 Å². The lowest BCUT2D eigenvalue weighted by Crippen LogP contribution is -2.41. The molecule has 0 unspecified atom stereocenters. The highest BCUT2D eigenvalue weighted by atomic mass is 16.5. The summed E-state index contributed by atoms with van der Waals surface area (Å²) in [6, 6.07) is 18.4. The molecule has 2 aromatic heterocycles. The molecule has 9 heteroatoms. The molecule has 0 fully saturated rings. The van der Waals surface area contributed by atoms with Crippen LogP contribution in [0.3, 0.4) is 0 Å². The molecule has 4 N–H and O–H groups in total. The second kappa shape index (κ2) is 9.43. The van der Waals surface area contributed by atoms with Crippen LogP contribution in [0.25, 0.3) is 23.1 Å². The highest BCUT2D eigenvalue weighted by molar-refractivity contribution is 6.01. The number of hydrogen-bond acceptors (Lipinski definition) is 6. The molecule has 2 aromatic carbocycles. The lowest BCUT2D eigenvalue weighted by atomic mass is 10.1. The molecule has 9 nitrogen and oxygen atoms in total. The van der Waals surface area contributed by atoms with E-state index in [-0.39, 0.29) is 0 Å². The third-order valence-electron chi connectivity index (χ3n) is 4.61. The van der Waals surface area contributed by atoms with E-state index in [1.165, 1.54) is 7.11 Å². The molecule has 2 heterocycles. The predicted molar refractivity (Wildman–Crippen MR) is 122 cm³/mol. The van der Waals surface area contributed by atoms with Crippen molar-refractivity contribution >= 4 is 46.4 Å². The molecular weight excluding hydrogens is 408 g/mol. The smallest absolute Gasteiger partial charge is 0.425 e. The maximum atomic E-state index is 12.4. The van der Waals surface area contributed by atoms with E-state index in [0.29, 0.717) is 11.3 Å². The van der Waals surface area contributed by atoms with E-state index in [1.807, 2.05) is 54.6 Å². The minimum atomic E-state index is -0.763. The quantitative estimate of drug-likeness (QED) is 0.358. The monoisotopic (exact) mass is 428 g/mol. The third kappa shape index (κ3) is 4.73. The van der Waals surface area contributed by atoms with Gasteiger partial charge in [0.25, 0.3) is 5.91 Å². The molecule has 32 heavy (non-hydrogen) atoms. The van der Waals surface area contributed by atoms with Crippen molar-refractivity contribution in [2.45, 2.75) is 0 Å². The molecule has 0 spiro atoms. The fourth-order valence-electron chi connectivity index (χ4n) is 3.06. The standard InChI is InChI=1S/C23H20N6O3/c1-32-23(31)29-28-22(30)18-7-2-3-8-19(18)25-16-9-11-17-20(26-27-21(17)14-16)12-10-15-6-4-5-13-24-15/h2-14,25H,1H3,(H,26,27)(H,28,30)(H,29,31)/b12-10+. The zero-order valence-electron chi connectivity index (χ0n) is 17.1. The largest absolute Gasteiger partial charge is 0.452 e. The van der Waals surface area contributed by atoms with Crippen molar-refractivity contribution in [1.29, 1.82) is 0 Å². The van der Waals surface area contributed by atoms with Crippen molar-refractivity contribution in [3.8, 4) is 0 Å². The average molecular weight is 428 g/mol. The lowest BCUT2D eigenvalue weighted by Gasteiger charge is -2.12. The molecule has 4 aromatic rings. The highest BCUT2D eigenvalue weighted by Crippen LogP contribution is 2.25. The number of H-pyrrole nitrogens is 1. The van der Waals surface area contributed by atoms with Crippen LogP contribution in [0.2, 0.25) is 0 Å². The van der Waals surface area contributed by atoms with Crippen LogP contribution in [0, 0.1) is 0 Å². The first-order chi connectivity index (χ1) is 15.6. The number of fused-ring (bicyclic) bond motifs is 1. The predicted octanol–water partition coefficient (Wildman–Crippen LogP) is 3.87. The highest BCUT2D eigenvalue weighted by Gasteiger charge is 2.13. The first kappa shape index (κ1) is 20.6. The average Bonchev–Trinajstić information content (AvgIpc) is 3.24. The number of anilines is 2. The first-order valence-corrected chi connectivity index (χ1v) is 9.71. The van der Waals surface area contributed by atoms with Gasteiger partial charge in [-0.05, 0) is 54.6 Å². The molecular formula is C23H20N6O3. The minimum absolute atomic E-state index is 0.354. The Morgan fingerprint density at radius 1 is 1.00 bits per heavy atom. The topological polar surface area (TPSA) is 121 Å². The van der Waals surface area contributed by atoms with E-state index in [0.717, 1.165) is 28.0 Å². The molecule has 0 saturated carbocycles. The van der Waals surface area contributed by atoms with Crippen LogP contribution in [0.15, 0.2) is 66.9 Å². The summed E-state index contributed by atoms with van der Waals surface area (Å²) in [4.78, 5) is 27.9. The third-order valence-corrected chi connectivity index (χ3v) is 4.61. The normalized spacial score (nSPS) is 10.8. The van der Waals surface area contributed by atoms with Gasteiger partial charge in [-0.3, -0.25) is 20.3 Å². The van der Waals surface area contributed by atoms with E-state index in [2.05, 4.69) is 36.1 Å². The fourth-order valence-corrected chi connectivity index (χ4v) is 3.06. The Morgan fingerprint density at radius 2 is 1.84 bits per heavy atom. The number of nitrogens with zero attached hydrogens (tertiary/aromatic N) is 2. The second-order valence-corrected chi connectivity index (χ2v) is 6.70. The van der Waals surface area contributed by atoms with Crippen molar-refractivity contribution in [2.24, 2.45) is 0 Å². The number of rotatable bonds is 5. The number of aromatic nitrogens is 3. The number of benzene rings is 2. The first-order valence-electron chi connectivity index (χ1n) is 9.71. The van der Waals surface area contributed by atoms with E-state index >= 15 is 0 Å². The van der Waals surface area contributed by atoms with Crippen LogP contribution in [0.4, 0.5) is 16.2 Å². The van der Waals surface area contributed by atoms with Crippen molar-refractivity contribution in [1.82, 2.24) is 26.0 Å². The summed E-state index contributed by atoms with van der Waals surface area (Å²) in [6.45, 7) is 0. The molecule has 4 rings (SSSR count). The van der Waals surface area contributed by atoms with Gasteiger partial charge < -0.3 is 10.1 Å². The zero-order chi connectivity index (χ0) is 22.3. The fraction of sp³-hybridized carbons (Fsp3) is 0.0435.